The molecule has 0 amide bonds. The summed E-state index contributed by atoms with van der Waals surface area (Å²) in [6.07, 6.45) is 13.0. The molecule has 0 saturated heterocycles. The average molecular weight is 331 g/mol. The van der Waals surface area contributed by atoms with Gasteiger partial charge in [0.1, 0.15) is 19.0 Å². The summed E-state index contributed by atoms with van der Waals surface area (Å²) in [5, 5.41) is 9.07. The minimum Gasteiger partial charge on any atom is -0.471 e. The van der Waals surface area contributed by atoms with Crippen LogP contribution in [0.25, 0.3) is 0 Å². The van der Waals surface area contributed by atoms with Gasteiger partial charge in [0.15, 0.2) is 0 Å². The van der Waals surface area contributed by atoms with Crippen LogP contribution in [0.4, 0.5) is 0 Å². The highest BCUT2D eigenvalue weighted by atomic mass is 16.3. The zero-order chi connectivity index (χ0) is 17.6. The molecule has 1 aliphatic rings. The predicted octanol–water partition coefficient (Wildman–Crippen LogP) is 3.63. The van der Waals surface area contributed by atoms with Gasteiger partial charge in [0.2, 0.25) is 0 Å². The molecule has 2 heterocycles. The van der Waals surface area contributed by atoms with Gasteiger partial charge in [-0.15, -0.1) is 0 Å². The first-order chi connectivity index (χ1) is 12.4. The van der Waals surface area contributed by atoms with E-state index in [1.54, 1.807) is 67.4 Å². The lowest BCUT2D eigenvalue weighted by Gasteiger charge is -1.94. The van der Waals surface area contributed by atoms with Crippen molar-refractivity contribution in [3.8, 4) is 6.07 Å². The fraction of sp³-hybridized carbons (Fsp3) is 0.0526. The molecule has 0 aliphatic carbocycles. The molecule has 1 aliphatic heterocycles. The topological polar surface area (TPSA) is 80.0 Å². The molecular formula is C19H17N5O. The summed E-state index contributed by atoms with van der Waals surface area (Å²) in [5.41, 5.74) is 1.27. The maximum atomic E-state index is 9.07. The molecule has 0 unspecified atom stereocenters. The molecule has 1 aromatic heterocycles. The van der Waals surface area contributed by atoms with Gasteiger partial charge in [0, 0.05) is 31.0 Å². The van der Waals surface area contributed by atoms with Crippen molar-refractivity contribution in [3.63, 3.8) is 0 Å². The van der Waals surface area contributed by atoms with E-state index in [-0.39, 0.29) is 0 Å². The molecule has 2 rings (SSSR count). The molecule has 25 heavy (non-hydrogen) atoms. The van der Waals surface area contributed by atoms with E-state index in [2.05, 4.69) is 21.0 Å². The molecule has 0 saturated carbocycles. The van der Waals surface area contributed by atoms with Gasteiger partial charge in [-0.3, -0.25) is 15.0 Å². The number of aromatic nitrogens is 3. The molecule has 6 heteroatoms. The maximum absolute atomic E-state index is 9.07. The van der Waals surface area contributed by atoms with Gasteiger partial charge in [0.05, 0.1) is 23.7 Å². The van der Waals surface area contributed by atoms with E-state index in [9.17, 15) is 0 Å². The Morgan fingerprint density at radius 1 is 1.00 bits per heavy atom. The van der Waals surface area contributed by atoms with Gasteiger partial charge in [-0.1, -0.05) is 18.2 Å². The Labute approximate surface area is 146 Å². The normalized spacial score (nSPS) is 10.0. The molecule has 124 valence electrons. The highest BCUT2D eigenvalue weighted by Crippen LogP contribution is 1.99. The number of aliphatic imine (C=N–C) groups is 1. The van der Waals surface area contributed by atoms with E-state index in [0.29, 0.717) is 12.2 Å². The summed E-state index contributed by atoms with van der Waals surface area (Å²) in [7, 11) is 0. The fourth-order valence-corrected chi connectivity index (χ4v) is 1.71. The summed E-state index contributed by atoms with van der Waals surface area (Å²) in [4.78, 5) is 12.4. The minimum absolute atomic E-state index is 0.403. The summed E-state index contributed by atoms with van der Waals surface area (Å²) < 4.78 is 7.11. The predicted molar refractivity (Wildman–Crippen MR) is 95.1 cm³/mol. The van der Waals surface area contributed by atoms with Gasteiger partial charge in [-0.2, -0.15) is 5.26 Å². The van der Waals surface area contributed by atoms with Crippen LogP contribution in [-0.4, -0.2) is 20.7 Å². The highest BCUT2D eigenvalue weighted by molar-refractivity contribution is 5.77. The molecule has 1 aromatic rings. The van der Waals surface area contributed by atoms with Crippen LogP contribution in [-0.2, 0) is 6.67 Å². The first-order valence-electron chi connectivity index (χ1n) is 7.50. The molecule has 0 spiro atoms. The van der Waals surface area contributed by atoms with Crippen LogP contribution >= 0.6 is 0 Å². The Morgan fingerprint density at radius 3 is 2.80 bits per heavy atom. The SMILES string of the molecule is N#Cc1ccccn2c(cnccnccccccoc1)C=NC2. The van der Waals surface area contributed by atoms with E-state index < -0.39 is 0 Å². The van der Waals surface area contributed by atoms with Crippen molar-refractivity contribution in [2.24, 2.45) is 4.99 Å². The van der Waals surface area contributed by atoms with E-state index in [4.69, 9.17) is 9.68 Å². The van der Waals surface area contributed by atoms with Crippen LogP contribution in [0.2, 0.25) is 0 Å². The van der Waals surface area contributed by atoms with Crippen molar-refractivity contribution >= 4 is 6.21 Å². The molecule has 0 aromatic carbocycles. The first kappa shape index (κ1) is 17.6. The van der Waals surface area contributed by atoms with E-state index in [1.807, 2.05) is 16.8 Å². The third kappa shape index (κ3) is 6.93. The van der Waals surface area contributed by atoms with Crippen LogP contribution in [0, 0.1) is 11.3 Å². The number of rotatable bonds is 0. The maximum Gasteiger partial charge on any atom is 0.114 e. The lowest BCUT2D eigenvalue weighted by Crippen LogP contribution is -1.93. The second kappa shape index (κ2) is 10.9. The van der Waals surface area contributed by atoms with Crippen LogP contribution in [0.1, 0.15) is 11.3 Å². The van der Waals surface area contributed by atoms with Crippen LogP contribution in [0.15, 0.2) is 95.4 Å². The minimum atomic E-state index is 0.403. The number of nitriles is 1. The van der Waals surface area contributed by atoms with Crippen molar-refractivity contribution < 1.29 is 4.42 Å². The van der Waals surface area contributed by atoms with Crippen LogP contribution in [0.5, 0.6) is 0 Å². The molecule has 6 nitrogen and oxygen atoms in total. The van der Waals surface area contributed by atoms with Gasteiger partial charge in [-0.05, 0) is 24.3 Å². The fourth-order valence-electron chi connectivity index (χ4n) is 1.71. The lowest BCUT2D eigenvalue weighted by molar-refractivity contribution is 0.552. The number of fused-ring (bicyclic) bond motifs is 1. The van der Waals surface area contributed by atoms with E-state index in [0.717, 1.165) is 5.69 Å². The highest BCUT2D eigenvalue weighted by Gasteiger charge is 1.97. The third-order valence-electron chi connectivity index (χ3n) is 2.87. The third-order valence-corrected chi connectivity index (χ3v) is 2.87. The summed E-state index contributed by atoms with van der Waals surface area (Å²) >= 11 is 0. The van der Waals surface area contributed by atoms with Crippen LogP contribution < -0.4 is 0 Å². The second-order valence-corrected chi connectivity index (χ2v) is 4.65. The van der Waals surface area contributed by atoms with Crippen molar-refractivity contribution in [3.05, 3.63) is 97.2 Å². The molecule has 0 bridgehead atoms. The lowest BCUT2D eigenvalue weighted by atomic mass is 10.3. The first-order valence-corrected chi connectivity index (χ1v) is 7.50. The largest absolute Gasteiger partial charge is 0.471 e. The average Bonchev–Trinajstić information content (AvgIpc) is 3.07. The van der Waals surface area contributed by atoms with Gasteiger partial charge < -0.3 is 8.98 Å². The van der Waals surface area contributed by atoms with Crippen molar-refractivity contribution in [1.82, 2.24) is 14.5 Å². The van der Waals surface area contributed by atoms with Crippen molar-refractivity contribution in [1.29, 1.82) is 5.26 Å². The zero-order valence-electron chi connectivity index (χ0n) is 13.5. The quantitative estimate of drug-likeness (QED) is 0.727. The Morgan fingerprint density at radius 2 is 1.88 bits per heavy atom. The standard InChI is InChI=1S/C19H17N5O/c20-13-18-7-3-5-11-24-17-23-15-19(24)14-22-10-9-21-8-4-1-2-6-12-25-16-18/h1-12,14-16H,17H2. The molecule has 0 fully saturated rings. The second-order valence-electron chi connectivity index (χ2n) is 4.65. The summed E-state index contributed by atoms with van der Waals surface area (Å²) in [5.74, 6) is 0. The van der Waals surface area contributed by atoms with Gasteiger partial charge >= 0.3 is 0 Å². The van der Waals surface area contributed by atoms with Crippen LogP contribution in [0.3, 0.4) is 0 Å². The Kier molecular flexibility index (Phi) is 7.70. The smallest absolute Gasteiger partial charge is 0.114 e. The monoisotopic (exact) mass is 331 g/mol. The summed E-state index contributed by atoms with van der Waals surface area (Å²) in [6.45, 7) is 0.531. The van der Waals surface area contributed by atoms with Gasteiger partial charge in [-0.25, -0.2) is 0 Å². The van der Waals surface area contributed by atoms with Crippen molar-refractivity contribution in [2.75, 3.05) is 0 Å². The summed E-state index contributed by atoms with van der Waals surface area (Å²) in [6, 6.07) is 14.4. The number of hydrogen-bond donors (Lipinski definition) is 0. The van der Waals surface area contributed by atoms with E-state index >= 15 is 0 Å². The Balaban J connectivity index is 2.49. The molecular weight excluding hydrogens is 314 g/mol. The Hall–Kier alpha value is -3.72. The molecule has 0 N–H and O–H groups in total. The molecule has 0 radical (unpaired) electrons. The Bertz CT molecular complexity index is 874. The number of nitrogens with zero attached hydrogens (tertiary/aromatic N) is 5. The number of hydrogen-bond acceptors (Lipinski definition) is 5. The van der Waals surface area contributed by atoms with E-state index in [1.165, 1.54) is 12.5 Å². The zero-order valence-corrected chi connectivity index (χ0v) is 13.5. The van der Waals surface area contributed by atoms with Crippen molar-refractivity contribution in [2.45, 2.75) is 6.67 Å². The molecule has 0 atom stereocenters. The van der Waals surface area contributed by atoms with Gasteiger partial charge in [0.25, 0.3) is 0 Å².